The molecule has 0 saturated carbocycles. The topological polar surface area (TPSA) is 64.6 Å². The minimum Gasteiger partial charge on any atom is -0.489 e. The van der Waals surface area contributed by atoms with Crippen molar-refractivity contribution in [2.75, 3.05) is 11.9 Å². The van der Waals surface area contributed by atoms with Crippen LogP contribution in [0.1, 0.15) is 38.8 Å². The Bertz CT molecular complexity index is 1070. The summed E-state index contributed by atoms with van der Waals surface area (Å²) >= 11 is 1.37. The predicted molar refractivity (Wildman–Crippen MR) is 125 cm³/mol. The number of benzene rings is 2. The van der Waals surface area contributed by atoms with Crippen LogP contribution in [0.3, 0.4) is 0 Å². The van der Waals surface area contributed by atoms with E-state index in [1.807, 2.05) is 68.4 Å². The van der Waals surface area contributed by atoms with Crippen LogP contribution in [0, 0.1) is 13.8 Å². The Balaban J connectivity index is 1.60. The summed E-state index contributed by atoms with van der Waals surface area (Å²) in [6.07, 6.45) is 3.16. The fourth-order valence-corrected chi connectivity index (χ4v) is 3.96. The molecule has 0 bridgehead atoms. The Morgan fingerprint density at radius 3 is 2.42 bits per heavy atom. The number of esters is 1. The average Bonchev–Trinajstić information content (AvgIpc) is 3.05. The first-order valence-corrected chi connectivity index (χ1v) is 10.8. The highest BCUT2D eigenvalue weighted by atomic mass is 32.1. The van der Waals surface area contributed by atoms with Gasteiger partial charge in [-0.05, 0) is 55.7 Å². The number of hydrogen-bond acceptors (Lipinski definition) is 5. The van der Waals surface area contributed by atoms with E-state index in [0.717, 1.165) is 27.3 Å². The van der Waals surface area contributed by atoms with Crippen molar-refractivity contribution in [2.45, 2.75) is 27.4 Å². The molecule has 3 aromatic rings. The number of rotatable bonds is 8. The second-order valence-electron chi connectivity index (χ2n) is 6.87. The molecule has 3 rings (SSSR count). The van der Waals surface area contributed by atoms with Gasteiger partial charge in [0.25, 0.3) is 0 Å². The molecule has 0 radical (unpaired) electrons. The van der Waals surface area contributed by atoms with Crippen LogP contribution < -0.4 is 10.1 Å². The number of nitrogens with one attached hydrogen (secondary N) is 1. The molecule has 160 valence electrons. The average molecular weight is 436 g/mol. The molecule has 2 aromatic carbocycles. The number of hydrogen-bond donors (Lipinski definition) is 1. The summed E-state index contributed by atoms with van der Waals surface area (Å²) in [5.41, 5.74) is 3.22. The van der Waals surface area contributed by atoms with Gasteiger partial charge in [0.15, 0.2) is 0 Å². The van der Waals surface area contributed by atoms with Crippen molar-refractivity contribution in [1.82, 2.24) is 0 Å². The quantitative estimate of drug-likeness (QED) is 0.360. The smallest absolute Gasteiger partial charge is 0.341 e. The Morgan fingerprint density at radius 1 is 1.03 bits per heavy atom. The zero-order valence-electron chi connectivity index (χ0n) is 17.8. The summed E-state index contributed by atoms with van der Waals surface area (Å²) in [6.45, 7) is 6.30. The van der Waals surface area contributed by atoms with Gasteiger partial charge >= 0.3 is 5.97 Å². The van der Waals surface area contributed by atoms with Gasteiger partial charge in [-0.3, -0.25) is 4.79 Å². The molecular weight excluding hydrogens is 410 g/mol. The van der Waals surface area contributed by atoms with Crippen molar-refractivity contribution in [3.63, 3.8) is 0 Å². The van der Waals surface area contributed by atoms with Gasteiger partial charge in [-0.2, -0.15) is 0 Å². The molecule has 0 aliphatic carbocycles. The van der Waals surface area contributed by atoms with E-state index in [-0.39, 0.29) is 12.5 Å². The normalized spacial score (nSPS) is 10.8. The van der Waals surface area contributed by atoms with E-state index >= 15 is 0 Å². The van der Waals surface area contributed by atoms with E-state index in [0.29, 0.717) is 17.2 Å². The lowest BCUT2D eigenvalue weighted by Crippen LogP contribution is -2.12. The van der Waals surface area contributed by atoms with Gasteiger partial charge in [-0.1, -0.05) is 42.5 Å². The van der Waals surface area contributed by atoms with Crippen molar-refractivity contribution in [3.8, 4) is 5.75 Å². The maximum atomic E-state index is 12.4. The van der Waals surface area contributed by atoms with Gasteiger partial charge in [0.2, 0.25) is 5.91 Å². The number of thiophene rings is 1. The molecule has 1 N–H and O–H groups in total. The first-order valence-electron chi connectivity index (χ1n) is 10.0. The molecule has 0 spiro atoms. The summed E-state index contributed by atoms with van der Waals surface area (Å²) in [7, 11) is 0. The third kappa shape index (κ3) is 6.06. The minimum atomic E-state index is -0.422. The maximum absolute atomic E-state index is 12.4. The first-order chi connectivity index (χ1) is 15.0. The minimum absolute atomic E-state index is 0.283. The van der Waals surface area contributed by atoms with Crippen molar-refractivity contribution in [1.29, 1.82) is 0 Å². The molecule has 0 unspecified atom stereocenters. The first kappa shape index (κ1) is 22.3. The van der Waals surface area contributed by atoms with E-state index in [4.69, 9.17) is 9.47 Å². The molecule has 0 saturated heterocycles. The second-order valence-corrected chi connectivity index (χ2v) is 8.10. The number of carbonyl (C=O) groups is 2. The lowest BCUT2D eigenvalue weighted by Gasteiger charge is -2.06. The van der Waals surface area contributed by atoms with Crippen LogP contribution in [0.25, 0.3) is 6.08 Å². The molecule has 1 amide bonds. The van der Waals surface area contributed by atoms with Gasteiger partial charge < -0.3 is 14.8 Å². The standard InChI is InChI=1S/C25H25NO4S/c1-4-29-25(28)23-17(2)18(3)31-24(23)26-22(27)15-12-19-10-13-21(14-11-19)30-16-20-8-6-5-7-9-20/h5-15H,4,16H2,1-3H3,(H,26,27). The van der Waals surface area contributed by atoms with Crippen LogP contribution in [-0.2, 0) is 16.1 Å². The highest BCUT2D eigenvalue weighted by Gasteiger charge is 2.21. The molecule has 0 aliphatic rings. The number of carbonyl (C=O) groups excluding carboxylic acids is 2. The molecule has 0 atom stereocenters. The van der Waals surface area contributed by atoms with Crippen molar-refractivity contribution in [3.05, 3.63) is 87.8 Å². The zero-order chi connectivity index (χ0) is 22.2. The lowest BCUT2D eigenvalue weighted by atomic mass is 10.1. The molecular formula is C25H25NO4S. The summed E-state index contributed by atoms with van der Waals surface area (Å²) in [4.78, 5) is 25.6. The van der Waals surface area contributed by atoms with Crippen LogP contribution in [0.4, 0.5) is 5.00 Å². The third-order valence-corrected chi connectivity index (χ3v) is 5.78. The van der Waals surface area contributed by atoms with E-state index < -0.39 is 5.97 Å². The van der Waals surface area contributed by atoms with Crippen molar-refractivity contribution in [2.24, 2.45) is 0 Å². The second kappa shape index (κ2) is 10.6. The number of amides is 1. The van der Waals surface area contributed by atoms with E-state index in [9.17, 15) is 9.59 Å². The van der Waals surface area contributed by atoms with E-state index in [1.165, 1.54) is 17.4 Å². The SMILES string of the molecule is CCOC(=O)c1c(NC(=O)C=Cc2ccc(OCc3ccccc3)cc2)sc(C)c1C. The highest BCUT2D eigenvalue weighted by molar-refractivity contribution is 7.16. The third-order valence-electron chi connectivity index (χ3n) is 4.66. The Morgan fingerprint density at radius 2 is 1.74 bits per heavy atom. The molecule has 0 fully saturated rings. The zero-order valence-corrected chi connectivity index (χ0v) is 18.6. The summed E-state index contributed by atoms with van der Waals surface area (Å²) in [5, 5.41) is 3.31. The van der Waals surface area contributed by atoms with Crippen LogP contribution in [-0.4, -0.2) is 18.5 Å². The number of anilines is 1. The van der Waals surface area contributed by atoms with Gasteiger partial charge in [0.05, 0.1) is 12.2 Å². The Kier molecular flexibility index (Phi) is 7.62. The summed E-state index contributed by atoms with van der Waals surface area (Å²) < 4.78 is 10.9. The number of aryl methyl sites for hydroxylation is 1. The van der Waals surface area contributed by atoms with Crippen molar-refractivity contribution >= 4 is 34.3 Å². The van der Waals surface area contributed by atoms with Crippen LogP contribution in [0.15, 0.2) is 60.7 Å². The largest absolute Gasteiger partial charge is 0.489 e. The Hall–Kier alpha value is -3.38. The predicted octanol–water partition coefficient (Wildman–Crippen LogP) is 5.77. The monoisotopic (exact) mass is 435 g/mol. The van der Waals surface area contributed by atoms with Crippen LogP contribution in [0.5, 0.6) is 5.75 Å². The number of ether oxygens (including phenoxy) is 2. The maximum Gasteiger partial charge on any atom is 0.341 e. The molecule has 1 aromatic heterocycles. The van der Waals surface area contributed by atoms with Gasteiger partial charge in [0, 0.05) is 11.0 Å². The fourth-order valence-electron chi connectivity index (χ4n) is 2.91. The molecule has 0 aliphatic heterocycles. The summed E-state index contributed by atoms with van der Waals surface area (Å²) in [6, 6.07) is 17.5. The van der Waals surface area contributed by atoms with E-state index in [2.05, 4.69) is 5.32 Å². The molecule has 1 heterocycles. The van der Waals surface area contributed by atoms with Crippen LogP contribution >= 0.6 is 11.3 Å². The van der Waals surface area contributed by atoms with E-state index in [1.54, 1.807) is 13.0 Å². The van der Waals surface area contributed by atoms with Crippen LogP contribution in [0.2, 0.25) is 0 Å². The fraction of sp³-hybridized carbons (Fsp3) is 0.200. The molecule has 31 heavy (non-hydrogen) atoms. The van der Waals surface area contributed by atoms with Gasteiger partial charge in [0.1, 0.15) is 17.4 Å². The van der Waals surface area contributed by atoms with Gasteiger partial charge in [-0.15, -0.1) is 11.3 Å². The lowest BCUT2D eigenvalue weighted by molar-refractivity contribution is -0.111. The van der Waals surface area contributed by atoms with Gasteiger partial charge in [-0.25, -0.2) is 4.79 Å². The summed E-state index contributed by atoms with van der Waals surface area (Å²) in [5.74, 6) is 0.0278. The molecule has 6 heteroatoms. The highest BCUT2D eigenvalue weighted by Crippen LogP contribution is 2.33. The molecule has 5 nitrogen and oxygen atoms in total. The Labute approximate surface area is 186 Å². The van der Waals surface area contributed by atoms with Crippen molar-refractivity contribution < 1.29 is 19.1 Å².